The molecule has 0 spiro atoms. The smallest absolute Gasteiger partial charge is 0.313 e. The Balaban J connectivity index is 2.02. The van der Waals surface area contributed by atoms with Crippen LogP contribution in [0.1, 0.15) is 24.6 Å². The molecule has 8 heteroatoms. The number of nitrogens with one attached hydrogen (secondary N) is 1. The van der Waals surface area contributed by atoms with Gasteiger partial charge in [-0.15, -0.1) is 0 Å². The number of carbonyl (C=O) groups is 2. The Bertz CT molecular complexity index is 1020. The van der Waals surface area contributed by atoms with Crippen LogP contribution in [0.5, 0.6) is 0 Å². The lowest BCUT2D eigenvalue weighted by molar-refractivity contribution is -0.141. The van der Waals surface area contributed by atoms with Gasteiger partial charge in [-0.25, -0.2) is 4.98 Å². The predicted octanol–water partition coefficient (Wildman–Crippen LogP) is 3.19. The summed E-state index contributed by atoms with van der Waals surface area (Å²) in [6.07, 6.45) is -4.24. The minimum Gasteiger partial charge on any atom is -0.313 e. The van der Waals surface area contributed by atoms with Crippen LogP contribution in [-0.2, 0) is 15.8 Å². The second-order valence-corrected chi connectivity index (χ2v) is 5.92. The number of hydrogen-bond donors (Lipinski definition) is 1. The molecule has 2 amide bonds. The van der Waals surface area contributed by atoms with Crippen molar-refractivity contribution < 1.29 is 22.8 Å². The summed E-state index contributed by atoms with van der Waals surface area (Å²) in [7, 11) is 0. The van der Waals surface area contributed by atoms with Crippen LogP contribution < -0.4 is 5.32 Å². The molecule has 0 bridgehead atoms. The Morgan fingerprint density at radius 2 is 1.84 bits per heavy atom. The minimum atomic E-state index is -4.58. The zero-order valence-electron chi connectivity index (χ0n) is 12.8. The van der Waals surface area contributed by atoms with Crippen molar-refractivity contribution in [2.75, 3.05) is 0 Å². The second kappa shape index (κ2) is 5.30. The molecule has 25 heavy (non-hydrogen) atoms. The summed E-state index contributed by atoms with van der Waals surface area (Å²) < 4.78 is 40.7. The van der Waals surface area contributed by atoms with Crippen molar-refractivity contribution in [1.82, 2.24) is 14.9 Å². The van der Waals surface area contributed by atoms with Gasteiger partial charge in [-0.1, -0.05) is 18.2 Å². The fourth-order valence-corrected chi connectivity index (χ4v) is 3.27. The van der Waals surface area contributed by atoms with Gasteiger partial charge in [-0.2, -0.15) is 13.2 Å². The van der Waals surface area contributed by atoms with Gasteiger partial charge in [-0.05, 0) is 24.6 Å². The zero-order chi connectivity index (χ0) is 17.8. The van der Waals surface area contributed by atoms with E-state index in [9.17, 15) is 22.8 Å². The Hall–Kier alpha value is -2.90. The van der Waals surface area contributed by atoms with E-state index in [0.29, 0.717) is 16.3 Å². The van der Waals surface area contributed by atoms with Crippen LogP contribution >= 0.6 is 0 Å². The van der Waals surface area contributed by atoms with Crippen LogP contribution in [0.15, 0.2) is 36.4 Å². The molecule has 0 saturated carbocycles. The molecule has 1 N–H and O–H groups in total. The highest BCUT2D eigenvalue weighted by Gasteiger charge is 2.35. The first-order valence-corrected chi connectivity index (χ1v) is 7.67. The molecule has 1 aliphatic heterocycles. The predicted molar refractivity (Wildman–Crippen MR) is 83.7 cm³/mol. The number of nitrogens with zero attached hydrogens (tertiary/aromatic N) is 2. The van der Waals surface area contributed by atoms with Crippen molar-refractivity contribution in [2.24, 2.45) is 0 Å². The number of piperidine rings is 1. The molecular weight excluding hydrogens is 335 g/mol. The van der Waals surface area contributed by atoms with Gasteiger partial charge < -0.3 is 4.57 Å². The minimum absolute atomic E-state index is 0.0884. The summed E-state index contributed by atoms with van der Waals surface area (Å²) in [6, 6.07) is 8.54. The second-order valence-electron chi connectivity index (χ2n) is 5.92. The number of hydrogen-bond acceptors (Lipinski definition) is 3. The van der Waals surface area contributed by atoms with Gasteiger partial charge in [0, 0.05) is 17.2 Å². The van der Waals surface area contributed by atoms with Gasteiger partial charge in [0.05, 0.1) is 5.52 Å². The molecule has 1 aromatic carbocycles. The van der Waals surface area contributed by atoms with E-state index in [0.717, 1.165) is 6.07 Å². The van der Waals surface area contributed by atoms with Crippen LogP contribution in [0.2, 0.25) is 0 Å². The number of para-hydroxylation sites is 1. The Morgan fingerprint density at radius 3 is 2.56 bits per heavy atom. The van der Waals surface area contributed by atoms with Crippen LogP contribution in [-0.4, -0.2) is 21.4 Å². The maximum Gasteiger partial charge on any atom is 0.433 e. The third kappa shape index (κ3) is 2.45. The quantitative estimate of drug-likeness (QED) is 0.688. The summed E-state index contributed by atoms with van der Waals surface area (Å²) in [6.45, 7) is 0. The number of alkyl halides is 3. The fourth-order valence-electron chi connectivity index (χ4n) is 3.27. The van der Waals surface area contributed by atoms with E-state index in [4.69, 9.17) is 0 Å². The highest BCUT2D eigenvalue weighted by atomic mass is 19.4. The molecule has 0 radical (unpaired) electrons. The number of amides is 2. The number of carbonyl (C=O) groups excluding carboxylic acids is 2. The number of halogens is 3. The largest absolute Gasteiger partial charge is 0.433 e. The number of imide groups is 1. The zero-order valence-corrected chi connectivity index (χ0v) is 12.8. The Labute approximate surface area is 139 Å². The standard InChI is InChI=1S/C17H12F3N3O2/c18-17(19,20)13-7-5-10-9-3-1-2-4-11(9)23(15(10)21-13)12-6-8-14(24)22-16(12)25/h1-5,7,12H,6,8H2,(H,22,24,25). The molecule has 0 aliphatic carbocycles. The SMILES string of the molecule is O=C1CCC(n2c3ccccc3c3ccc(C(F)(F)F)nc32)C(=O)N1. The maximum absolute atomic E-state index is 13.1. The third-order valence-electron chi connectivity index (χ3n) is 4.37. The van der Waals surface area contributed by atoms with Gasteiger partial charge in [0.25, 0.3) is 0 Å². The Kier molecular flexibility index (Phi) is 3.31. The number of rotatable bonds is 1. The first kappa shape index (κ1) is 15.6. The molecule has 1 atom stereocenters. The molecule has 128 valence electrons. The van der Waals surface area contributed by atoms with Crippen LogP contribution in [0, 0.1) is 0 Å². The summed E-state index contributed by atoms with van der Waals surface area (Å²) >= 11 is 0. The maximum atomic E-state index is 13.1. The first-order chi connectivity index (χ1) is 11.9. The van der Waals surface area contributed by atoms with E-state index in [1.807, 2.05) is 0 Å². The van der Waals surface area contributed by atoms with Gasteiger partial charge in [0.15, 0.2) is 0 Å². The molecule has 1 saturated heterocycles. The molecule has 2 aromatic heterocycles. The van der Waals surface area contributed by atoms with Gasteiger partial charge in [0.2, 0.25) is 11.8 Å². The molecule has 1 fully saturated rings. The van der Waals surface area contributed by atoms with Crippen molar-refractivity contribution in [3.8, 4) is 0 Å². The van der Waals surface area contributed by atoms with E-state index in [2.05, 4.69) is 10.3 Å². The number of fused-ring (bicyclic) bond motifs is 3. The van der Waals surface area contributed by atoms with Crippen molar-refractivity contribution in [1.29, 1.82) is 0 Å². The number of benzene rings is 1. The lowest BCUT2D eigenvalue weighted by Gasteiger charge is -2.23. The highest BCUT2D eigenvalue weighted by molar-refractivity contribution is 6.08. The van der Waals surface area contributed by atoms with E-state index in [1.54, 1.807) is 24.3 Å². The first-order valence-electron chi connectivity index (χ1n) is 7.67. The monoisotopic (exact) mass is 347 g/mol. The van der Waals surface area contributed by atoms with Crippen LogP contribution in [0.4, 0.5) is 13.2 Å². The van der Waals surface area contributed by atoms with Crippen LogP contribution in [0.25, 0.3) is 21.9 Å². The highest BCUT2D eigenvalue weighted by Crippen LogP contribution is 2.36. The normalized spacial score (nSPS) is 18.8. The van der Waals surface area contributed by atoms with Crippen LogP contribution in [0.3, 0.4) is 0 Å². The van der Waals surface area contributed by atoms with Crippen molar-refractivity contribution in [2.45, 2.75) is 25.1 Å². The van der Waals surface area contributed by atoms with Crippen molar-refractivity contribution in [3.05, 3.63) is 42.1 Å². The fraction of sp³-hybridized carbons (Fsp3) is 0.235. The number of aromatic nitrogens is 2. The summed E-state index contributed by atoms with van der Waals surface area (Å²) in [5.41, 5.74) is -0.319. The molecule has 1 aliphatic rings. The van der Waals surface area contributed by atoms with E-state index < -0.39 is 23.8 Å². The Morgan fingerprint density at radius 1 is 1.08 bits per heavy atom. The third-order valence-corrected chi connectivity index (χ3v) is 4.37. The average Bonchev–Trinajstić information content (AvgIpc) is 2.88. The molecule has 5 nitrogen and oxygen atoms in total. The molecule has 4 rings (SSSR count). The molecule has 3 heterocycles. The van der Waals surface area contributed by atoms with E-state index in [-0.39, 0.29) is 24.4 Å². The summed E-state index contributed by atoms with van der Waals surface area (Å²) in [4.78, 5) is 27.5. The van der Waals surface area contributed by atoms with Gasteiger partial charge in [0.1, 0.15) is 17.4 Å². The average molecular weight is 347 g/mol. The molecular formula is C17H12F3N3O2. The van der Waals surface area contributed by atoms with Crippen molar-refractivity contribution >= 4 is 33.8 Å². The molecule has 3 aromatic rings. The molecule has 1 unspecified atom stereocenters. The summed E-state index contributed by atoms with van der Waals surface area (Å²) in [5, 5.41) is 3.49. The van der Waals surface area contributed by atoms with Gasteiger partial charge >= 0.3 is 6.18 Å². The van der Waals surface area contributed by atoms with E-state index in [1.165, 1.54) is 10.6 Å². The number of pyridine rings is 1. The lowest BCUT2D eigenvalue weighted by Crippen LogP contribution is -2.41. The van der Waals surface area contributed by atoms with Gasteiger partial charge in [-0.3, -0.25) is 14.9 Å². The summed E-state index contributed by atoms with van der Waals surface area (Å²) in [5.74, 6) is -0.913. The topological polar surface area (TPSA) is 64.0 Å². The van der Waals surface area contributed by atoms with E-state index >= 15 is 0 Å². The lowest BCUT2D eigenvalue weighted by atomic mass is 10.1. The van der Waals surface area contributed by atoms with Crippen molar-refractivity contribution in [3.63, 3.8) is 0 Å².